The van der Waals surface area contributed by atoms with Crippen LogP contribution >= 0.6 is 0 Å². The number of nitrogens with zero attached hydrogens (tertiary/aromatic N) is 4. The van der Waals surface area contributed by atoms with Gasteiger partial charge in [-0.3, -0.25) is 14.4 Å². The number of anilines is 1. The zero-order valence-corrected chi connectivity index (χ0v) is 16.6. The Morgan fingerprint density at radius 1 is 1.32 bits per heavy atom. The fourth-order valence-corrected chi connectivity index (χ4v) is 3.46. The topological polar surface area (TPSA) is 116 Å². The van der Waals surface area contributed by atoms with E-state index in [9.17, 15) is 28.4 Å². The van der Waals surface area contributed by atoms with Gasteiger partial charge in [0.25, 0.3) is 11.8 Å². The second-order valence-electron chi connectivity index (χ2n) is 7.34. The van der Waals surface area contributed by atoms with Crippen LogP contribution in [0, 0.1) is 23.2 Å². The molecule has 0 unspecified atom stereocenters. The molecule has 3 rings (SSSR count). The second-order valence-corrected chi connectivity index (χ2v) is 7.34. The molecule has 0 bridgehead atoms. The lowest BCUT2D eigenvalue weighted by Crippen LogP contribution is -2.42. The van der Waals surface area contributed by atoms with E-state index >= 15 is 0 Å². The van der Waals surface area contributed by atoms with E-state index < -0.39 is 41.9 Å². The lowest BCUT2D eigenvalue weighted by Gasteiger charge is -2.16. The summed E-state index contributed by atoms with van der Waals surface area (Å²) in [5.74, 6) is -7.78. The number of nitrogens with one attached hydrogen (secondary N) is 1. The highest BCUT2D eigenvalue weighted by atomic mass is 19.3. The van der Waals surface area contributed by atoms with Crippen molar-refractivity contribution in [1.82, 2.24) is 15.3 Å². The predicted molar refractivity (Wildman–Crippen MR) is 105 cm³/mol. The zero-order chi connectivity index (χ0) is 22.6. The number of Topliss-reactive ketones (excluding diaryl/α,β-unsaturated/α-hetero) is 1. The number of benzene rings is 1. The average molecular weight is 427 g/mol. The van der Waals surface area contributed by atoms with E-state index in [4.69, 9.17) is 0 Å². The maximum Gasteiger partial charge on any atom is 0.287 e. The number of amides is 2. The molecule has 2 atom stereocenters. The van der Waals surface area contributed by atoms with Gasteiger partial charge < -0.3 is 10.2 Å². The van der Waals surface area contributed by atoms with E-state index in [2.05, 4.69) is 9.97 Å². The molecule has 10 heteroatoms. The van der Waals surface area contributed by atoms with Crippen LogP contribution in [0.4, 0.5) is 14.5 Å². The first kappa shape index (κ1) is 22.0. The fraction of sp³-hybridized carbons (Fsp3) is 0.333. The molecule has 160 valence electrons. The molecule has 1 aliphatic rings. The number of nitriles is 1. The quantitative estimate of drug-likeness (QED) is 0.670. The summed E-state index contributed by atoms with van der Waals surface area (Å²) >= 11 is 0. The molecular weight excluding hydrogens is 408 g/mol. The highest BCUT2D eigenvalue weighted by molar-refractivity contribution is 6.38. The van der Waals surface area contributed by atoms with Gasteiger partial charge in [-0.1, -0.05) is 30.3 Å². The predicted octanol–water partition coefficient (Wildman–Crippen LogP) is 1.51. The molecule has 0 saturated carbocycles. The monoisotopic (exact) mass is 427 g/mol. The first-order chi connectivity index (χ1) is 14.7. The molecule has 2 amide bonds. The van der Waals surface area contributed by atoms with Crippen molar-refractivity contribution in [3.63, 3.8) is 0 Å². The minimum absolute atomic E-state index is 0.0509. The van der Waals surface area contributed by atoms with Crippen LogP contribution in [0.2, 0.25) is 0 Å². The van der Waals surface area contributed by atoms with Crippen LogP contribution in [-0.2, 0) is 20.8 Å². The number of hydrogen-bond acceptors (Lipinski definition) is 6. The summed E-state index contributed by atoms with van der Waals surface area (Å²) in [5, 5.41) is 11.2. The van der Waals surface area contributed by atoms with Crippen molar-refractivity contribution in [3.05, 3.63) is 54.1 Å². The number of rotatable bonds is 7. The van der Waals surface area contributed by atoms with E-state index in [1.54, 1.807) is 30.3 Å². The van der Waals surface area contributed by atoms with Crippen molar-refractivity contribution >= 4 is 23.3 Å². The Bertz CT molecular complexity index is 1030. The summed E-state index contributed by atoms with van der Waals surface area (Å²) in [7, 11) is 0. The van der Waals surface area contributed by atoms with Gasteiger partial charge in [-0.05, 0) is 12.0 Å². The Hall–Kier alpha value is -3.74. The van der Waals surface area contributed by atoms with Gasteiger partial charge in [-0.25, -0.2) is 18.7 Å². The van der Waals surface area contributed by atoms with E-state index in [0.29, 0.717) is 6.92 Å². The highest BCUT2D eigenvalue weighted by Gasteiger charge is 2.47. The number of halogens is 2. The third-order valence-electron chi connectivity index (χ3n) is 4.96. The minimum Gasteiger partial charge on any atom is -0.343 e. The van der Waals surface area contributed by atoms with Gasteiger partial charge in [-0.15, -0.1) is 0 Å². The van der Waals surface area contributed by atoms with E-state index in [1.165, 1.54) is 11.1 Å². The third kappa shape index (κ3) is 5.06. The van der Waals surface area contributed by atoms with Crippen LogP contribution in [-0.4, -0.2) is 46.6 Å². The summed E-state index contributed by atoms with van der Waals surface area (Å²) in [6.07, 6.45) is 2.61. The van der Waals surface area contributed by atoms with Crippen molar-refractivity contribution < 1.29 is 23.2 Å². The molecule has 8 nitrogen and oxygen atoms in total. The molecule has 1 N–H and O–H groups in total. The van der Waals surface area contributed by atoms with Crippen LogP contribution in [0.15, 0.2) is 42.9 Å². The molecule has 31 heavy (non-hydrogen) atoms. The van der Waals surface area contributed by atoms with Crippen molar-refractivity contribution in [1.29, 1.82) is 5.26 Å². The molecule has 2 heterocycles. The maximum atomic E-state index is 13.2. The standard InChI is InChI=1S/C21H19F2N5O3/c1-21(22,23)11-26-19(30)18(29)15-10-28(17-9-25-12-27-16(17)8-24)20(31)14(15)7-13-5-3-2-4-6-13/h2-6,9,12,14-15H,7,10-11H2,1H3,(H,26,30)/t14-,15+/m1/s1. The van der Waals surface area contributed by atoms with Gasteiger partial charge in [0.05, 0.1) is 30.3 Å². The zero-order valence-electron chi connectivity index (χ0n) is 16.6. The largest absolute Gasteiger partial charge is 0.343 e. The van der Waals surface area contributed by atoms with Crippen molar-refractivity contribution in [3.8, 4) is 6.07 Å². The average Bonchev–Trinajstić information content (AvgIpc) is 3.07. The van der Waals surface area contributed by atoms with Crippen molar-refractivity contribution in [2.45, 2.75) is 19.3 Å². The summed E-state index contributed by atoms with van der Waals surface area (Å²) in [4.78, 5) is 47.1. The fourth-order valence-electron chi connectivity index (χ4n) is 3.46. The first-order valence-electron chi connectivity index (χ1n) is 9.46. The Balaban J connectivity index is 1.90. The smallest absolute Gasteiger partial charge is 0.287 e. The molecule has 1 aromatic heterocycles. The number of alkyl halides is 2. The highest BCUT2D eigenvalue weighted by Crippen LogP contribution is 2.33. The van der Waals surface area contributed by atoms with Gasteiger partial charge in [0.1, 0.15) is 12.4 Å². The Morgan fingerprint density at radius 2 is 2.03 bits per heavy atom. The molecule has 1 saturated heterocycles. The van der Waals surface area contributed by atoms with Crippen LogP contribution < -0.4 is 10.2 Å². The van der Waals surface area contributed by atoms with Crippen LogP contribution in [0.1, 0.15) is 18.2 Å². The Morgan fingerprint density at radius 3 is 2.68 bits per heavy atom. The van der Waals surface area contributed by atoms with E-state index in [0.717, 1.165) is 11.9 Å². The number of hydrogen-bond donors (Lipinski definition) is 1. The second kappa shape index (κ2) is 8.95. The number of ketones is 1. The Labute approximate surface area is 176 Å². The van der Waals surface area contributed by atoms with Gasteiger partial charge in [0.15, 0.2) is 5.69 Å². The van der Waals surface area contributed by atoms with Gasteiger partial charge >= 0.3 is 0 Å². The number of carbonyl (C=O) groups excluding carboxylic acids is 3. The van der Waals surface area contributed by atoms with Gasteiger partial charge in [0, 0.05) is 13.5 Å². The summed E-state index contributed by atoms with van der Waals surface area (Å²) in [6.45, 7) is -0.556. The summed E-state index contributed by atoms with van der Waals surface area (Å²) < 4.78 is 26.2. The Kier molecular flexibility index (Phi) is 6.34. The summed E-state index contributed by atoms with van der Waals surface area (Å²) in [5.41, 5.74) is 0.847. The lowest BCUT2D eigenvalue weighted by atomic mass is 9.86. The first-order valence-corrected chi connectivity index (χ1v) is 9.46. The molecule has 0 spiro atoms. The van der Waals surface area contributed by atoms with Crippen LogP contribution in [0.5, 0.6) is 0 Å². The molecule has 0 radical (unpaired) electrons. The molecule has 1 aromatic carbocycles. The molecule has 0 aliphatic carbocycles. The van der Waals surface area contributed by atoms with Gasteiger partial charge in [0.2, 0.25) is 11.7 Å². The van der Waals surface area contributed by atoms with Crippen molar-refractivity contribution in [2.75, 3.05) is 18.0 Å². The van der Waals surface area contributed by atoms with Crippen LogP contribution in [0.25, 0.3) is 0 Å². The molecule has 1 aliphatic heterocycles. The normalized spacial score (nSPS) is 18.5. The molecular formula is C21H19F2N5O3. The number of aromatic nitrogens is 2. The van der Waals surface area contributed by atoms with Crippen LogP contribution in [0.3, 0.4) is 0 Å². The number of carbonyl (C=O) groups is 3. The molecule has 2 aromatic rings. The maximum absolute atomic E-state index is 13.2. The van der Waals surface area contributed by atoms with E-state index in [-0.39, 0.29) is 24.3 Å². The lowest BCUT2D eigenvalue weighted by molar-refractivity contribution is -0.142. The third-order valence-corrected chi connectivity index (χ3v) is 4.96. The van der Waals surface area contributed by atoms with Gasteiger partial charge in [-0.2, -0.15) is 5.26 Å². The summed E-state index contributed by atoms with van der Waals surface area (Å²) in [6, 6.07) is 10.8. The minimum atomic E-state index is -3.18. The molecule has 1 fully saturated rings. The van der Waals surface area contributed by atoms with Crippen molar-refractivity contribution in [2.24, 2.45) is 11.8 Å². The SMILES string of the molecule is CC(F)(F)CNC(=O)C(=O)[C@H]1CN(c2cncnc2C#N)C(=O)[C@@H]1Cc1ccccc1. The van der Waals surface area contributed by atoms with E-state index in [1.807, 2.05) is 11.4 Å².